The van der Waals surface area contributed by atoms with Crippen molar-refractivity contribution in [3.8, 4) is 0 Å². The van der Waals surface area contributed by atoms with Gasteiger partial charge in [0, 0.05) is 31.8 Å². The fourth-order valence-corrected chi connectivity index (χ4v) is 2.57. The number of hydrogen-bond acceptors (Lipinski definition) is 7. The summed E-state index contributed by atoms with van der Waals surface area (Å²) >= 11 is 0. The monoisotopic (exact) mass is 391 g/mol. The third kappa shape index (κ3) is 7.33. The standard InChI is InChI=1S/C14H21N5O.C4H4O4/c1-12-11-16-14-4-3-13(17-19(12)14)15-5-2-6-18-7-9-20-10-8-18;5-3(6)1-2-4(7)8/h3-4,11H,2,5-10H2,1H3,(H,15,17);1-2H,(H,5,6)(H,7,8). The summed E-state index contributed by atoms with van der Waals surface area (Å²) in [5, 5.41) is 23.5. The first kappa shape index (κ1) is 21.3. The molecule has 0 bridgehead atoms. The van der Waals surface area contributed by atoms with Gasteiger partial charge < -0.3 is 20.3 Å². The van der Waals surface area contributed by atoms with Crippen molar-refractivity contribution < 1.29 is 24.5 Å². The van der Waals surface area contributed by atoms with Gasteiger partial charge in [-0.05, 0) is 32.0 Å². The van der Waals surface area contributed by atoms with Crippen LogP contribution in [0.1, 0.15) is 12.1 Å². The fraction of sp³-hybridized carbons (Fsp3) is 0.444. The van der Waals surface area contributed by atoms with Crippen LogP contribution in [0, 0.1) is 6.92 Å². The molecule has 3 rings (SSSR count). The van der Waals surface area contributed by atoms with Gasteiger partial charge in [-0.2, -0.15) is 0 Å². The number of nitrogens with zero attached hydrogens (tertiary/aromatic N) is 4. The van der Waals surface area contributed by atoms with E-state index in [0.29, 0.717) is 12.2 Å². The molecule has 1 saturated heterocycles. The van der Waals surface area contributed by atoms with Crippen molar-refractivity contribution in [2.24, 2.45) is 0 Å². The molecule has 1 fully saturated rings. The van der Waals surface area contributed by atoms with Gasteiger partial charge in [-0.3, -0.25) is 4.90 Å². The maximum Gasteiger partial charge on any atom is 0.328 e. The number of aryl methyl sites for hydroxylation is 1. The maximum absolute atomic E-state index is 9.55. The molecular formula is C18H25N5O5. The Hall–Kier alpha value is -2.98. The van der Waals surface area contributed by atoms with Crippen LogP contribution >= 0.6 is 0 Å². The Morgan fingerprint density at radius 2 is 1.89 bits per heavy atom. The van der Waals surface area contributed by atoms with E-state index >= 15 is 0 Å². The van der Waals surface area contributed by atoms with Crippen molar-refractivity contribution in [1.82, 2.24) is 19.5 Å². The molecule has 2 aromatic rings. The van der Waals surface area contributed by atoms with Gasteiger partial charge in [-0.25, -0.2) is 19.1 Å². The largest absolute Gasteiger partial charge is 0.478 e. The van der Waals surface area contributed by atoms with E-state index in [1.165, 1.54) is 0 Å². The quantitative estimate of drug-likeness (QED) is 0.465. The minimum absolute atomic E-state index is 0.558. The number of rotatable bonds is 7. The van der Waals surface area contributed by atoms with E-state index in [2.05, 4.69) is 20.3 Å². The number of nitrogens with one attached hydrogen (secondary N) is 1. The zero-order valence-electron chi connectivity index (χ0n) is 15.7. The minimum atomic E-state index is -1.26. The minimum Gasteiger partial charge on any atom is -0.478 e. The molecule has 0 aliphatic carbocycles. The van der Waals surface area contributed by atoms with E-state index in [1.54, 1.807) is 0 Å². The predicted octanol–water partition coefficient (Wildman–Crippen LogP) is 0.884. The van der Waals surface area contributed by atoms with Crippen LogP contribution in [-0.4, -0.2) is 81.0 Å². The number of hydrogen-bond donors (Lipinski definition) is 3. The van der Waals surface area contributed by atoms with Crippen LogP contribution in [0.5, 0.6) is 0 Å². The maximum atomic E-state index is 9.55. The Morgan fingerprint density at radius 1 is 1.21 bits per heavy atom. The lowest BCUT2D eigenvalue weighted by atomic mass is 10.3. The van der Waals surface area contributed by atoms with Gasteiger partial charge in [0.2, 0.25) is 0 Å². The number of fused-ring (bicyclic) bond motifs is 1. The molecule has 10 heteroatoms. The van der Waals surface area contributed by atoms with Crippen molar-refractivity contribution >= 4 is 23.4 Å². The summed E-state index contributed by atoms with van der Waals surface area (Å²) in [5.74, 6) is -1.61. The highest BCUT2D eigenvalue weighted by atomic mass is 16.5. The lowest BCUT2D eigenvalue weighted by Gasteiger charge is -2.26. The van der Waals surface area contributed by atoms with Crippen molar-refractivity contribution in [3.63, 3.8) is 0 Å². The van der Waals surface area contributed by atoms with E-state index in [1.807, 2.05) is 29.8 Å². The Morgan fingerprint density at radius 3 is 2.54 bits per heavy atom. The number of carbonyl (C=O) groups is 2. The third-order valence-electron chi connectivity index (χ3n) is 3.96. The van der Waals surface area contributed by atoms with Crippen LogP contribution in [-0.2, 0) is 14.3 Å². The Kier molecular flexibility index (Phi) is 8.37. The van der Waals surface area contributed by atoms with E-state index in [-0.39, 0.29) is 0 Å². The third-order valence-corrected chi connectivity index (χ3v) is 3.96. The summed E-state index contributed by atoms with van der Waals surface area (Å²) in [5.41, 5.74) is 1.94. The van der Waals surface area contributed by atoms with Gasteiger partial charge in [0.05, 0.1) is 25.1 Å². The zero-order chi connectivity index (χ0) is 20.4. The average Bonchev–Trinajstić information content (AvgIpc) is 3.05. The second-order valence-electron chi connectivity index (χ2n) is 6.13. The highest BCUT2D eigenvalue weighted by Crippen LogP contribution is 2.08. The summed E-state index contributed by atoms with van der Waals surface area (Å²) in [4.78, 5) is 25.8. The highest BCUT2D eigenvalue weighted by Gasteiger charge is 2.09. The Bertz CT molecular complexity index is 798. The zero-order valence-corrected chi connectivity index (χ0v) is 15.7. The number of morpholine rings is 1. The SMILES string of the molecule is Cc1cnc2ccc(NCCCN3CCOCC3)nn12.O=C(O)C=CC(=O)O. The topological polar surface area (TPSA) is 129 Å². The predicted molar refractivity (Wildman–Crippen MR) is 103 cm³/mol. The molecule has 3 N–H and O–H groups in total. The van der Waals surface area contributed by atoms with Gasteiger partial charge in [0.1, 0.15) is 5.82 Å². The molecule has 3 heterocycles. The van der Waals surface area contributed by atoms with Crippen molar-refractivity contribution in [2.75, 3.05) is 44.7 Å². The van der Waals surface area contributed by atoms with Crippen LogP contribution in [0.4, 0.5) is 5.82 Å². The van der Waals surface area contributed by atoms with Crippen LogP contribution < -0.4 is 5.32 Å². The molecule has 0 spiro atoms. The molecule has 1 aliphatic heterocycles. The molecule has 152 valence electrons. The molecule has 0 unspecified atom stereocenters. The van der Waals surface area contributed by atoms with Crippen molar-refractivity contribution in [1.29, 1.82) is 0 Å². The molecule has 0 atom stereocenters. The first-order valence-corrected chi connectivity index (χ1v) is 8.95. The van der Waals surface area contributed by atoms with E-state index < -0.39 is 11.9 Å². The molecule has 0 amide bonds. The van der Waals surface area contributed by atoms with Gasteiger partial charge in [-0.1, -0.05) is 0 Å². The van der Waals surface area contributed by atoms with Gasteiger partial charge in [0.15, 0.2) is 5.65 Å². The molecular weight excluding hydrogens is 366 g/mol. The van der Waals surface area contributed by atoms with Gasteiger partial charge in [-0.15, -0.1) is 5.10 Å². The van der Waals surface area contributed by atoms with Crippen LogP contribution in [0.25, 0.3) is 5.65 Å². The number of imidazole rings is 1. The molecule has 0 radical (unpaired) electrons. The van der Waals surface area contributed by atoms with Gasteiger partial charge >= 0.3 is 11.9 Å². The molecule has 28 heavy (non-hydrogen) atoms. The molecule has 0 aromatic carbocycles. The van der Waals surface area contributed by atoms with Crippen molar-refractivity contribution in [2.45, 2.75) is 13.3 Å². The van der Waals surface area contributed by atoms with E-state index in [9.17, 15) is 9.59 Å². The van der Waals surface area contributed by atoms with E-state index in [0.717, 1.165) is 63.0 Å². The first-order chi connectivity index (χ1) is 13.5. The van der Waals surface area contributed by atoms with Crippen LogP contribution in [0.15, 0.2) is 30.5 Å². The van der Waals surface area contributed by atoms with Crippen molar-refractivity contribution in [3.05, 3.63) is 36.2 Å². The number of carboxylic acid groups (broad SMARTS) is 2. The number of ether oxygens (including phenoxy) is 1. The second kappa shape index (κ2) is 11.0. The van der Waals surface area contributed by atoms with Gasteiger partial charge in [0.25, 0.3) is 0 Å². The fourth-order valence-electron chi connectivity index (χ4n) is 2.57. The molecule has 0 saturated carbocycles. The number of carboxylic acids is 2. The Labute approximate surface area is 162 Å². The lowest BCUT2D eigenvalue weighted by Crippen LogP contribution is -2.37. The molecule has 10 nitrogen and oxygen atoms in total. The van der Waals surface area contributed by atoms with E-state index in [4.69, 9.17) is 14.9 Å². The molecule has 1 aliphatic rings. The van der Waals surface area contributed by atoms with Crippen LogP contribution in [0.2, 0.25) is 0 Å². The first-order valence-electron chi connectivity index (χ1n) is 8.95. The van der Waals surface area contributed by atoms with Crippen LogP contribution in [0.3, 0.4) is 0 Å². The highest BCUT2D eigenvalue weighted by molar-refractivity contribution is 5.89. The summed E-state index contributed by atoms with van der Waals surface area (Å²) in [6.07, 6.45) is 4.07. The smallest absolute Gasteiger partial charge is 0.328 e. The normalized spacial score (nSPS) is 14.6. The summed E-state index contributed by atoms with van der Waals surface area (Å²) in [6, 6.07) is 3.97. The number of aromatic nitrogens is 3. The second-order valence-corrected chi connectivity index (χ2v) is 6.13. The summed E-state index contributed by atoms with van der Waals surface area (Å²) < 4.78 is 7.21. The number of aliphatic carboxylic acids is 2. The lowest BCUT2D eigenvalue weighted by molar-refractivity contribution is -0.134. The summed E-state index contributed by atoms with van der Waals surface area (Å²) in [7, 11) is 0. The number of anilines is 1. The molecule has 2 aromatic heterocycles. The average molecular weight is 391 g/mol. The summed E-state index contributed by atoms with van der Waals surface area (Å²) in [6.45, 7) is 7.90. The Balaban J connectivity index is 0.000000300.